The van der Waals surface area contributed by atoms with Gasteiger partial charge in [-0.15, -0.1) is 0 Å². The Morgan fingerprint density at radius 2 is 1.87 bits per heavy atom. The van der Waals surface area contributed by atoms with Crippen LogP contribution in [0.3, 0.4) is 0 Å². The molecule has 0 spiro atoms. The summed E-state index contributed by atoms with van der Waals surface area (Å²) >= 11 is 0. The summed E-state index contributed by atoms with van der Waals surface area (Å²) in [5.41, 5.74) is 1.13. The van der Waals surface area contributed by atoms with Crippen molar-refractivity contribution in [2.45, 2.75) is 25.9 Å². The van der Waals surface area contributed by atoms with Gasteiger partial charge in [0.05, 0.1) is 37.0 Å². The molecule has 2 amide bonds. The number of aromatic nitrogens is 2. The maximum Gasteiger partial charge on any atom is 0.258 e. The van der Waals surface area contributed by atoms with E-state index in [-0.39, 0.29) is 30.3 Å². The third-order valence-corrected chi connectivity index (χ3v) is 4.75. The van der Waals surface area contributed by atoms with Crippen LogP contribution in [-0.4, -0.2) is 40.8 Å². The number of methoxy groups -OCH3 is 1. The highest BCUT2D eigenvalue weighted by Gasteiger charge is 2.20. The number of rotatable bonds is 7. The van der Waals surface area contributed by atoms with Crippen LogP contribution in [-0.2, 0) is 16.1 Å². The van der Waals surface area contributed by atoms with E-state index in [9.17, 15) is 14.4 Å². The molecular weight excluding hydrogens is 384 g/mol. The lowest BCUT2D eigenvalue weighted by Gasteiger charge is -2.22. The van der Waals surface area contributed by atoms with E-state index in [4.69, 9.17) is 4.74 Å². The number of H-pyrrole nitrogens is 1. The van der Waals surface area contributed by atoms with Crippen molar-refractivity contribution >= 4 is 22.7 Å². The van der Waals surface area contributed by atoms with Gasteiger partial charge < -0.3 is 19.9 Å². The van der Waals surface area contributed by atoms with Gasteiger partial charge in [-0.05, 0) is 29.8 Å². The molecule has 0 aliphatic carbocycles. The average Bonchev–Trinajstić information content (AvgIpc) is 2.73. The molecule has 0 fully saturated rings. The van der Waals surface area contributed by atoms with E-state index in [0.717, 1.165) is 5.56 Å². The maximum atomic E-state index is 12.8. The van der Waals surface area contributed by atoms with E-state index in [1.807, 2.05) is 12.1 Å². The average molecular weight is 408 g/mol. The number of carbonyl (C=O) groups excluding carboxylic acids is 2. The van der Waals surface area contributed by atoms with Crippen LogP contribution in [0.1, 0.15) is 30.8 Å². The van der Waals surface area contributed by atoms with Gasteiger partial charge in [-0.1, -0.05) is 24.3 Å². The fourth-order valence-corrected chi connectivity index (χ4v) is 3.19. The molecule has 3 aromatic rings. The van der Waals surface area contributed by atoms with E-state index < -0.39 is 6.04 Å². The predicted octanol–water partition coefficient (Wildman–Crippen LogP) is 2.16. The van der Waals surface area contributed by atoms with E-state index in [0.29, 0.717) is 22.5 Å². The molecule has 8 nitrogen and oxygen atoms in total. The van der Waals surface area contributed by atoms with E-state index in [1.165, 1.54) is 11.8 Å². The number of hydrogen-bond donors (Lipinski definition) is 2. The van der Waals surface area contributed by atoms with Gasteiger partial charge in [-0.3, -0.25) is 14.4 Å². The van der Waals surface area contributed by atoms with Gasteiger partial charge in [0.15, 0.2) is 0 Å². The van der Waals surface area contributed by atoms with Crippen LogP contribution in [0.15, 0.2) is 53.3 Å². The molecule has 0 saturated heterocycles. The van der Waals surface area contributed by atoms with Crippen molar-refractivity contribution in [3.8, 4) is 5.75 Å². The maximum absolute atomic E-state index is 12.8. The normalized spacial score (nSPS) is 11.7. The number of fused-ring (bicyclic) bond motifs is 1. The zero-order chi connectivity index (χ0) is 21.7. The third-order valence-electron chi connectivity index (χ3n) is 4.75. The zero-order valence-corrected chi connectivity index (χ0v) is 17.1. The van der Waals surface area contributed by atoms with Gasteiger partial charge in [0.1, 0.15) is 11.6 Å². The second-order valence-electron chi connectivity index (χ2n) is 7.01. The Balaban J connectivity index is 1.74. The van der Waals surface area contributed by atoms with Gasteiger partial charge >= 0.3 is 0 Å². The lowest BCUT2D eigenvalue weighted by Crippen LogP contribution is -2.34. The molecule has 1 heterocycles. The summed E-state index contributed by atoms with van der Waals surface area (Å²) in [6, 6.07) is 13.7. The number of carbonyl (C=O) groups is 2. The largest absolute Gasteiger partial charge is 0.497 e. The zero-order valence-electron chi connectivity index (χ0n) is 17.1. The van der Waals surface area contributed by atoms with Crippen LogP contribution >= 0.6 is 0 Å². The third kappa shape index (κ3) is 5.02. The molecule has 0 bridgehead atoms. The number of amides is 2. The fraction of sp³-hybridized carbons (Fsp3) is 0.273. The lowest BCUT2D eigenvalue weighted by atomic mass is 10.0. The Morgan fingerprint density at radius 1 is 1.17 bits per heavy atom. The first kappa shape index (κ1) is 21.0. The highest BCUT2D eigenvalue weighted by Crippen LogP contribution is 2.21. The monoisotopic (exact) mass is 408 g/mol. The Hall–Kier alpha value is -3.68. The molecule has 1 aromatic heterocycles. The van der Waals surface area contributed by atoms with E-state index in [2.05, 4.69) is 15.3 Å². The second-order valence-corrected chi connectivity index (χ2v) is 7.01. The molecule has 0 aliphatic rings. The van der Waals surface area contributed by atoms with Crippen molar-refractivity contribution in [3.05, 3.63) is 70.3 Å². The topological polar surface area (TPSA) is 104 Å². The molecule has 2 aromatic carbocycles. The molecule has 2 N–H and O–H groups in total. The Labute approximate surface area is 173 Å². The number of nitrogens with zero attached hydrogens (tertiary/aromatic N) is 2. The minimum Gasteiger partial charge on any atom is -0.497 e. The molecule has 0 aliphatic heterocycles. The minimum absolute atomic E-state index is 0.0697. The van der Waals surface area contributed by atoms with Crippen LogP contribution in [0.5, 0.6) is 5.75 Å². The first-order valence-corrected chi connectivity index (χ1v) is 9.50. The number of para-hydroxylation sites is 1. The number of benzene rings is 2. The number of ether oxygens (including phenoxy) is 1. The standard InChI is InChI=1S/C22H24N4O4/c1-14(27)23-19(15-8-10-16(30-3)11-9-15)12-21(28)26(2)13-20-24-18-7-5-4-6-17(18)22(29)25-20/h4-11,19H,12-13H2,1-3H3,(H,23,27)(H,24,25,29). The molecule has 1 unspecified atom stereocenters. The SMILES string of the molecule is COc1ccc(C(CC(=O)N(C)Cc2nc3ccccc3c(=O)[nH]2)NC(C)=O)cc1. The molecule has 8 heteroatoms. The van der Waals surface area contributed by atoms with Gasteiger partial charge in [0.25, 0.3) is 5.56 Å². The number of nitrogens with one attached hydrogen (secondary N) is 2. The van der Waals surface area contributed by atoms with Crippen LogP contribution in [0.25, 0.3) is 10.9 Å². The number of aromatic amines is 1. The highest BCUT2D eigenvalue weighted by atomic mass is 16.5. The molecule has 156 valence electrons. The summed E-state index contributed by atoms with van der Waals surface area (Å²) in [5.74, 6) is 0.664. The van der Waals surface area contributed by atoms with Gasteiger partial charge in [0, 0.05) is 14.0 Å². The van der Waals surface area contributed by atoms with Crippen molar-refractivity contribution in [2.75, 3.05) is 14.2 Å². The molecule has 1 atom stereocenters. The number of hydrogen-bond acceptors (Lipinski definition) is 5. The van der Waals surface area contributed by atoms with E-state index >= 15 is 0 Å². The Kier molecular flexibility index (Phi) is 6.46. The highest BCUT2D eigenvalue weighted by molar-refractivity contribution is 5.79. The van der Waals surface area contributed by atoms with Crippen molar-refractivity contribution in [3.63, 3.8) is 0 Å². The lowest BCUT2D eigenvalue weighted by molar-refractivity contribution is -0.131. The molecule has 30 heavy (non-hydrogen) atoms. The Bertz CT molecular complexity index is 1110. The molecule has 0 saturated carbocycles. The van der Waals surface area contributed by atoms with Crippen LogP contribution in [0.2, 0.25) is 0 Å². The summed E-state index contributed by atoms with van der Waals surface area (Å²) < 4.78 is 5.16. The van der Waals surface area contributed by atoms with Crippen LogP contribution in [0, 0.1) is 0 Å². The van der Waals surface area contributed by atoms with Crippen LogP contribution < -0.4 is 15.6 Å². The van der Waals surface area contributed by atoms with Gasteiger partial charge in [-0.25, -0.2) is 4.98 Å². The minimum atomic E-state index is -0.480. The molecule has 0 radical (unpaired) electrons. The van der Waals surface area contributed by atoms with Crippen molar-refractivity contribution < 1.29 is 14.3 Å². The Morgan fingerprint density at radius 3 is 2.53 bits per heavy atom. The summed E-state index contributed by atoms with van der Waals surface area (Å²) in [6.45, 7) is 1.56. The molecule has 3 rings (SSSR count). The smallest absolute Gasteiger partial charge is 0.258 e. The van der Waals surface area contributed by atoms with Crippen LogP contribution in [0.4, 0.5) is 0 Å². The first-order chi connectivity index (χ1) is 14.4. The predicted molar refractivity (Wildman–Crippen MR) is 113 cm³/mol. The summed E-state index contributed by atoms with van der Waals surface area (Å²) in [5, 5.41) is 3.32. The van der Waals surface area contributed by atoms with Crippen molar-refractivity contribution in [1.82, 2.24) is 20.2 Å². The van der Waals surface area contributed by atoms with Gasteiger partial charge in [0.2, 0.25) is 11.8 Å². The molecular formula is C22H24N4O4. The van der Waals surface area contributed by atoms with E-state index in [1.54, 1.807) is 50.6 Å². The van der Waals surface area contributed by atoms with Crippen molar-refractivity contribution in [2.24, 2.45) is 0 Å². The summed E-state index contributed by atoms with van der Waals surface area (Å²) in [6.07, 6.45) is 0.0697. The summed E-state index contributed by atoms with van der Waals surface area (Å²) in [4.78, 5) is 45.3. The quantitative estimate of drug-likeness (QED) is 0.623. The van der Waals surface area contributed by atoms with Gasteiger partial charge in [-0.2, -0.15) is 0 Å². The summed E-state index contributed by atoms with van der Waals surface area (Å²) in [7, 11) is 3.21. The van der Waals surface area contributed by atoms with Crippen molar-refractivity contribution in [1.29, 1.82) is 0 Å². The first-order valence-electron chi connectivity index (χ1n) is 9.50. The fourth-order valence-electron chi connectivity index (χ4n) is 3.19. The second kappa shape index (κ2) is 9.21.